The minimum atomic E-state index is -0.162. The van der Waals surface area contributed by atoms with E-state index in [1.165, 1.54) is 16.7 Å². The lowest BCUT2D eigenvalue weighted by molar-refractivity contribution is 0.217. The summed E-state index contributed by atoms with van der Waals surface area (Å²) in [6.45, 7) is 13.2. The van der Waals surface area contributed by atoms with Gasteiger partial charge in [0.05, 0.1) is 6.61 Å². The van der Waals surface area contributed by atoms with E-state index in [1.54, 1.807) is 0 Å². The van der Waals surface area contributed by atoms with E-state index in [-0.39, 0.29) is 12.0 Å². The third kappa shape index (κ3) is 3.10. The molecule has 0 heterocycles. The normalized spacial score (nSPS) is 12.5. The van der Waals surface area contributed by atoms with Gasteiger partial charge in [0.15, 0.2) is 0 Å². The standard InChI is InChI=1S/C16H26O/c1-11(2)13-7-8-14(12(3)4)15(9-13)16(5,6)10-17/h7-9,11-12,17H,10H2,1-6H3. The Balaban J connectivity index is 3.35. The maximum absolute atomic E-state index is 9.58. The Bertz CT molecular complexity index is 375. The zero-order valence-corrected chi connectivity index (χ0v) is 12.0. The van der Waals surface area contributed by atoms with Gasteiger partial charge in [0.2, 0.25) is 0 Å². The summed E-state index contributed by atoms with van der Waals surface area (Å²) in [4.78, 5) is 0. The summed E-state index contributed by atoms with van der Waals surface area (Å²) in [7, 11) is 0. The van der Waals surface area contributed by atoms with Crippen molar-refractivity contribution in [1.82, 2.24) is 0 Å². The van der Waals surface area contributed by atoms with Crippen molar-refractivity contribution < 1.29 is 5.11 Å². The number of hydrogen-bond acceptors (Lipinski definition) is 1. The summed E-state index contributed by atoms with van der Waals surface area (Å²) in [6, 6.07) is 6.72. The van der Waals surface area contributed by atoms with Crippen LogP contribution >= 0.6 is 0 Å². The van der Waals surface area contributed by atoms with Crippen molar-refractivity contribution in [3.05, 3.63) is 34.9 Å². The Kier molecular flexibility index (Phi) is 4.37. The first kappa shape index (κ1) is 14.2. The maximum atomic E-state index is 9.58. The van der Waals surface area contributed by atoms with Crippen LogP contribution in [0.25, 0.3) is 0 Å². The quantitative estimate of drug-likeness (QED) is 0.827. The first-order chi connectivity index (χ1) is 7.79. The summed E-state index contributed by atoms with van der Waals surface area (Å²) in [5, 5.41) is 9.58. The van der Waals surface area contributed by atoms with Crippen LogP contribution in [0.1, 0.15) is 70.1 Å². The highest BCUT2D eigenvalue weighted by atomic mass is 16.3. The van der Waals surface area contributed by atoms with Crippen LogP contribution in [0.4, 0.5) is 0 Å². The van der Waals surface area contributed by atoms with Crippen molar-refractivity contribution in [3.63, 3.8) is 0 Å². The van der Waals surface area contributed by atoms with Gasteiger partial charge >= 0.3 is 0 Å². The van der Waals surface area contributed by atoms with Gasteiger partial charge in [-0.15, -0.1) is 0 Å². The van der Waals surface area contributed by atoms with E-state index in [1.807, 2.05) is 0 Å². The Morgan fingerprint density at radius 2 is 1.65 bits per heavy atom. The van der Waals surface area contributed by atoms with Crippen molar-refractivity contribution in [2.24, 2.45) is 0 Å². The van der Waals surface area contributed by atoms with Gasteiger partial charge in [-0.1, -0.05) is 59.7 Å². The third-order valence-electron chi connectivity index (χ3n) is 3.49. The molecule has 17 heavy (non-hydrogen) atoms. The van der Waals surface area contributed by atoms with E-state index in [0.717, 1.165) is 0 Å². The SMILES string of the molecule is CC(C)c1ccc(C(C)C)c(C(C)(C)CO)c1. The van der Waals surface area contributed by atoms with Crippen molar-refractivity contribution in [2.75, 3.05) is 6.61 Å². The van der Waals surface area contributed by atoms with Gasteiger partial charge < -0.3 is 5.11 Å². The summed E-state index contributed by atoms with van der Waals surface area (Å²) in [5.41, 5.74) is 3.84. The minimum absolute atomic E-state index is 0.162. The van der Waals surface area contributed by atoms with Crippen molar-refractivity contribution in [1.29, 1.82) is 0 Å². The van der Waals surface area contributed by atoms with E-state index in [2.05, 4.69) is 59.7 Å². The molecule has 0 spiro atoms. The molecule has 0 amide bonds. The summed E-state index contributed by atoms with van der Waals surface area (Å²) in [5.74, 6) is 1.03. The Morgan fingerprint density at radius 3 is 2.06 bits per heavy atom. The lowest BCUT2D eigenvalue weighted by Gasteiger charge is -2.28. The number of rotatable bonds is 4. The molecular formula is C16H26O. The number of aliphatic hydroxyl groups excluding tert-OH is 1. The predicted molar refractivity (Wildman–Crippen MR) is 74.7 cm³/mol. The average Bonchev–Trinajstić information content (AvgIpc) is 2.28. The molecule has 1 nitrogen and oxygen atoms in total. The largest absolute Gasteiger partial charge is 0.395 e. The summed E-state index contributed by atoms with van der Waals surface area (Å²) in [6.07, 6.45) is 0. The van der Waals surface area contributed by atoms with Crippen molar-refractivity contribution in [3.8, 4) is 0 Å². The van der Waals surface area contributed by atoms with E-state index >= 15 is 0 Å². The molecule has 0 saturated carbocycles. The first-order valence-corrected chi connectivity index (χ1v) is 6.54. The molecule has 0 unspecified atom stereocenters. The van der Waals surface area contributed by atoms with Crippen LogP contribution in [0, 0.1) is 0 Å². The molecule has 0 radical (unpaired) electrons. The first-order valence-electron chi connectivity index (χ1n) is 6.54. The zero-order valence-electron chi connectivity index (χ0n) is 12.0. The average molecular weight is 234 g/mol. The predicted octanol–water partition coefficient (Wildman–Crippen LogP) is 4.20. The van der Waals surface area contributed by atoms with Crippen LogP contribution in [-0.4, -0.2) is 11.7 Å². The molecule has 0 aliphatic rings. The van der Waals surface area contributed by atoms with E-state index in [0.29, 0.717) is 11.8 Å². The molecule has 0 aliphatic heterocycles. The lowest BCUT2D eigenvalue weighted by Crippen LogP contribution is -2.24. The van der Waals surface area contributed by atoms with Crippen LogP contribution in [0.2, 0.25) is 0 Å². The molecule has 0 atom stereocenters. The van der Waals surface area contributed by atoms with Gasteiger partial charge in [0.1, 0.15) is 0 Å². The van der Waals surface area contributed by atoms with Crippen LogP contribution in [0.15, 0.2) is 18.2 Å². The Hall–Kier alpha value is -0.820. The van der Waals surface area contributed by atoms with E-state index in [4.69, 9.17) is 0 Å². The fourth-order valence-electron chi connectivity index (χ4n) is 2.11. The van der Waals surface area contributed by atoms with Crippen molar-refractivity contribution in [2.45, 2.75) is 58.8 Å². The second kappa shape index (κ2) is 5.22. The van der Waals surface area contributed by atoms with Crippen LogP contribution < -0.4 is 0 Å². The third-order valence-corrected chi connectivity index (χ3v) is 3.49. The van der Waals surface area contributed by atoms with Gasteiger partial charge in [-0.05, 0) is 28.5 Å². The highest BCUT2D eigenvalue weighted by molar-refractivity contribution is 5.40. The second-order valence-corrected chi connectivity index (χ2v) is 6.20. The molecule has 1 N–H and O–H groups in total. The number of hydrogen-bond donors (Lipinski definition) is 1. The van der Waals surface area contributed by atoms with E-state index in [9.17, 15) is 5.11 Å². The van der Waals surface area contributed by atoms with Gasteiger partial charge in [0, 0.05) is 5.41 Å². The Morgan fingerprint density at radius 1 is 1.06 bits per heavy atom. The van der Waals surface area contributed by atoms with E-state index < -0.39 is 0 Å². The Labute approximate surface area is 106 Å². The van der Waals surface area contributed by atoms with Gasteiger partial charge in [0.25, 0.3) is 0 Å². The lowest BCUT2D eigenvalue weighted by atomic mass is 9.78. The zero-order chi connectivity index (χ0) is 13.2. The molecule has 0 fully saturated rings. The molecule has 0 aliphatic carbocycles. The molecule has 0 saturated heterocycles. The van der Waals surface area contributed by atoms with Gasteiger partial charge in [-0.3, -0.25) is 0 Å². The monoisotopic (exact) mass is 234 g/mol. The molecule has 0 aromatic heterocycles. The number of aliphatic hydroxyl groups is 1. The van der Waals surface area contributed by atoms with Crippen LogP contribution in [-0.2, 0) is 5.41 Å². The fourth-order valence-corrected chi connectivity index (χ4v) is 2.11. The number of benzene rings is 1. The van der Waals surface area contributed by atoms with Gasteiger partial charge in [-0.2, -0.15) is 0 Å². The second-order valence-electron chi connectivity index (χ2n) is 6.20. The smallest absolute Gasteiger partial charge is 0.0522 e. The molecule has 1 rings (SSSR count). The van der Waals surface area contributed by atoms with Gasteiger partial charge in [-0.25, -0.2) is 0 Å². The highest BCUT2D eigenvalue weighted by Crippen LogP contribution is 2.33. The topological polar surface area (TPSA) is 20.2 Å². The summed E-state index contributed by atoms with van der Waals surface area (Å²) < 4.78 is 0. The maximum Gasteiger partial charge on any atom is 0.0522 e. The molecular weight excluding hydrogens is 208 g/mol. The molecule has 96 valence electrons. The molecule has 1 aromatic carbocycles. The molecule has 1 aromatic rings. The highest BCUT2D eigenvalue weighted by Gasteiger charge is 2.24. The molecule has 1 heteroatoms. The van der Waals surface area contributed by atoms with Crippen LogP contribution in [0.3, 0.4) is 0 Å². The van der Waals surface area contributed by atoms with Crippen molar-refractivity contribution >= 4 is 0 Å². The van der Waals surface area contributed by atoms with Crippen LogP contribution in [0.5, 0.6) is 0 Å². The fraction of sp³-hybridized carbons (Fsp3) is 0.625. The summed E-state index contributed by atoms with van der Waals surface area (Å²) >= 11 is 0. The molecule has 0 bridgehead atoms. The minimum Gasteiger partial charge on any atom is -0.395 e.